The van der Waals surface area contributed by atoms with Crippen LogP contribution in [0.15, 0.2) is 30.6 Å². The predicted molar refractivity (Wildman–Crippen MR) is 96.2 cm³/mol. The quantitative estimate of drug-likeness (QED) is 0.752. The summed E-state index contributed by atoms with van der Waals surface area (Å²) in [6.45, 7) is 5.09. The lowest BCUT2D eigenvalue weighted by Crippen LogP contribution is -2.34. The van der Waals surface area contributed by atoms with Crippen LogP contribution in [0, 0.1) is 0 Å². The van der Waals surface area contributed by atoms with Crippen molar-refractivity contribution in [2.75, 3.05) is 38.1 Å². The minimum Gasteiger partial charge on any atom is -0.355 e. The SMILES string of the molecule is CN1CCCN(c2ccc(CNC(=O)NCc3ccn[nH]3)cn2)CC1. The van der Waals surface area contributed by atoms with Gasteiger partial charge in [0.1, 0.15) is 5.82 Å². The lowest BCUT2D eigenvalue weighted by molar-refractivity contribution is 0.240. The molecule has 2 aromatic rings. The van der Waals surface area contributed by atoms with Crippen molar-refractivity contribution in [3.05, 3.63) is 41.9 Å². The Morgan fingerprint density at radius 1 is 1.16 bits per heavy atom. The molecule has 1 aliphatic heterocycles. The molecule has 0 unspecified atom stereocenters. The van der Waals surface area contributed by atoms with Gasteiger partial charge in [0.15, 0.2) is 0 Å². The Bertz CT molecular complexity index is 656. The molecule has 3 N–H and O–H groups in total. The maximum Gasteiger partial charge on any atom is 0.315 e. The molecule has 1 fully saturated rings. The van der Waals surface area contributed by atoms with Crippen molar-refractivity contribution < 1.29 is 4.79 Å². The van der Waals surface area contributed by atoms with Crippen LogP contribution in [0.2, 0.25) is 0 Å². The van der Waals surface area contributed by atoms with Crippen molar-refractivity contribution >= 4 is 11.8 Å². The maximum absolute atomic E-state index is 11.8. The molecular weight excluding hydrogens is 318 g/mol. The molecule has 2 amide bonds. The molecule has 0 aromatic carbocycles. The Morgan fingerprint density at radius 3 is 2.80 bits per heavy atom. The van der Waals surface area contributed by atoms with E-state index in [1.165, 1.54) is 0 Å². The Kier molecular flexibility index (Phi) is 5.84. The van der Waals surface area contributed by atoms with Gasteiger partial charge < -0.3 is 20.4 Å². The first kappa shape index (κ1) is 17.2. The Labute approximate surface area is 147 Å². The van der Waals surface area contributed by atoms with Gasteiger partial charge in [-0.2, -0.15) is 5.10 Å². The number of hydrogen-bond acceptors (Lipinski definition) is 5. The number of hydrogen-bond donors (Lipinski definition) is 3. The number of pyridine rings is 1. The van der Waals surface area contributed by atoms with E-state index in [-0.39, 0.29) is 6.03 Å². The fraction of sp³-hybridized carbons (Fsp3) is 0.471. The highest BCUT2D eigenvalue weighted by Gasteiger charge is 2.13. The van der Waals surface area contributed by atoms with Crippen molar-refractivity contribution in [1.82, 2.24) is 30.7 Å². The van der Waals surface area contributed by atoms with Gasteiger partial charge in [-0.15, -0.1) is 0 Å². The smallest absolute Gasteiger partial charge is 0.315 e. The van der Waals surface area contributed by atoms with Crippen LogP contribution in [0.1, 0.15) is 17.7 Å². The summed E-state index contributed by atoms with van der Waals surface area (Å²) < 4.78 is 0. The topological polar surface area (TPSA) is 89.2 Å². The van der Waals surface area contributed by atoms with E-state index in [9.17, 15) is 4.79 Å². The summed E-state index contributed by atoms with van der Waals surface area (Å²) in [6.07, 6.45) is 4.64. The van der Waals surface area contributed by atoms with Crippen molar-refractivity contribution in [3.8, 4) is 0 Å². The van der Waals surface area contributed by atoms with Gasteiger partial charge in [-0.05, 0) is 37.7 Å². The summed E-state index contributed by atoms with van der Waals surface area (Å²) in [7, 11) is 2.16. The molecule has 0 bridgehead atoms. The molecule has 2 aromatic heterocycles. The molecule has 0 radical (unpaired) electrons. The first-order valence-electron chi connectivity index (χ1n) is 8.59. The Hall–Kier alpha value is -2.61. The van der Waals surface area contributed by atoms with E-state index in [2.05, 4.69) is 42.7 Å². The maximum atomic E-state index is 11.8. The standard InChI is InChI=1S/C17H25N7O/c1-23-7-2-8-24(10-9-23)16-4-3-14(11-18-16)12-19-17(25)20-13-15-5-6-21-22-15/h3-6,11H,2,7-10,12-13H2,1H3,(H,21,22)(H2,19,20,25). The number of anilines is 1. The second-order valence-electron chi connectivity index (χ2n) is 6.29. The second kappa shape index (κ2) is 8.48. The Morgan fingerprint density at radius 2 is 2.04 bits per heavy atom. The molecule has 0 atom stereocenters. The van der Waals surface area contributed by atoms with Crippen molar-refractivity contribution in [1.29, 1.82) is 0 Å². The minimum absolute atomic E-state index is 0.214. The highest BCUT2D eigenvalue weighted by atomic mass is 16.2. The highest BCUT2D eigenvalue weighted by molar-refractivity contribution is 5.73. The monoisotopic (exact) mass is 343 g/mol. The molecule has 134 valence electrons. The number of urea groups is 1. The predicted octanol–water partition coefficient (Wildman–Crippen LogP) is 0.946. The molecule has 3 heterocycles. The number of likely N-dealkylation sites (N-methyl/N-ethyl adjacent to an activating group) is 1. The van der Waals surface area contributed by atoms with Crippen LogP contribution < -0.4 is 15.5 Å². The number of aromatic amines is 1. The summed E-state index contributed by atoms with van der Waals surface area (Å²) in [5.41, 5.74) is 1.84. The lowest BCUT2D eigenvalue weighted by atomic mass is 10.2. The van der Waals surface area contributed by atoms with Crippen LogP contribution in [0.3, 0.4) is 0 Å². The van der Waals surface area contributed by atoms with E-state index >= 15 is 0 Å². The zero-order chi connectivity index (χ0) is 17.5. The summed E-state index contributed by atoms with van der Waals surface area (Å²) >= 11 is 0. The molecule has 3 rings (SSSR count). The summed E-state index contributed by atoms with van der Waals surface area (Å²) in [6, 6.07) is 5.66. The molecule has 8 heteroatoms. The molecule has 1 saturated heterocycles. The van der Waals surface area contributed by atoms with E-state index in [0.717, 1.165) is 49.7 Å². The average Bonchev–Trinajstić information content (AvgIpc) is 3.06. The number of amides is 2. The number of nitrogens with one attached hydrogen (secondary N) is 3. The molecule has 8 nitrogen and oxygen atoms in total. The number of aromatic nitrogens is 3. The van der Waals surface area contributed by atoms with Crippen LogP contribution in [-0.4, -0.2) is 59.3 Å². The van der Waals surface area contributed by atoms with Gasteiger partial charge in [-0.3, -0.25) is 5.10 Å². The fourth-order valence-electron chi connectivity index (χ4n) is 2.79. The van der Waals surface area contributed by atoms with E-state index < -0.39 is 0 Å². The third kappa shape index (κ3) is 5.18. The molecular formula is C17H25N7O. The van der Waals surface area contributed by atoms with Gasteiger partial charge in [-0.1, -0.05) is 6.07 Å². The number of H-pyrrole nitrogens is 1. The summed E-state index contributed by atoms with van der Waals surface area (Å²) in [5.74, 6) is 1.00. The van der Waals surface area contributed by atoms with Crippen LogP contribution in [-0.2, 0) is 13.1 Å². The average molecular weight is 343 g/mol. The first-order valence-corrected chi connectivity index (χ1v) is 8.59. The van der Waals surface area contributed by atoms with Crippen LogP contribution in [0.25, 0.3) is 0 Å². The summed E-state index contributed by atoms with van der Waals surface area (Å²) in [4.78, 5) is 21.0. The van der Waals surface area contributed by atoms with Crippen LogP contribution in [0.5, 0.6) is 0 Å². The molecule has 1 aliphatic rings. The van der Waals surface area contributed by atoms with Crippen molar-refractivity contribution in [3.63, 3.8) is 0 Å². The van der Waals surface area contributed by atoms with Gasteiger partial charge in [-0.25, -0.2) is 9.78 Å². The first-order chi connectivity index (χ1) is 12.2. The second-order valence-corrected chi connectivity index (χ2v) is 6.29. The largest absolute Gasteiger partial charge is 0.355 e. The number of carbonyl (C=O) groups excluding carboxylic acids is 1. The number of nitrogens with zero attached hydrogens (tertiary/aromatic N) is 4. The lowest BCUT2D eigenvalue weighted by Gasteiger charge is -2.21. The minimum atomic E-state index is -0.214. The third-order valence-electron chi connectivity index (χ3n) is 4.30. The van der Waals surface area contributed by atoms with Crippen LogP contribution >= 0.6 is 0 Å². The zero-order valence-electron chi connectivity index (χ0n) is 14.5. The van der Waals surface area contributed by atoms with Crippen LogP contribution in [0.4, 0.5) is 10.6 Å². The van der Waals surface area contributed by atoms with E-state index in [1.807, 2.05) is 24.4 Å². The molecule has 0 saturated carbocycles. The fourth-order valence-corrected chi connectivity index (χ4v) is 2.79. The van der Waals surface area contributed by atoms with Gasteiger partial charge in [0.2, 0.25) is 0 Å². The zero-order valence-corrected chi connectivity index (χ0v) is 14.5. The van der Waals surface area contributed by atoms with Gasteiger partial charge >= 0.3 is 6.03 Å². The van der Waals surface area contributed by atoms with Gasteiger partial charge in [0.05, 0.1) is 12.2 Å². The summed E-state index contributed by atoms with van der Waals surface area (Å²) in [5, 5.41) is 12.2. The van der Waals surface area contributed by atoms with E-state index in [4.69, 9.17) is 0 Å². The van der Waals surface area contributed by atoms with Crippen molar-refractivity contribution in [2.45, 2.75) is 19.5 Å². The third-order valence-corrected chi connectivity index (χ3v) is 4.30. The van der Waals surface area contributed by atoms with Gasteiger partial charge in [0.25, 0.3) is 0 Å². The Balaban J connectivity index is 1.45. The van der Waals surface area contributed by atoms with Gasteiger partial charge in [0, 0.05) is 38.6 Å². The van der Waals surface area contributed by atoms with Crippen molar-refractivity contribution in [2.24, 2.45) is 0 Å². The molecule has 0 spiro atoms. The molecule has 0 aliphatic carbocycles. The normalized spacial score (nSPS) is 15.6. The number of carbonyl (C=O) groups is 1. The van der Waals surface area contributed by atoms with E-state index in [1.54, 1.807) is 6.20 Å². The highest BCUT2D eigenvalue weighted by Crippen LogP contribution is 2.13. The van der Waals surface area contributed by atoms with E-state index in [0.29, 0.717) is 13.1 Å². The number of rotatable bonds is 5. The molecule has 25 heavy (non-hydrogen) atoms.